The van der Waals surface area contributed by atoms with E-state index >= 15 is 0 Å². The molecule has 1 spiro atoms. The van der Waals surface area contributed by atoms with Crippen molar-refractivity contribution in [2.45, 2.75) is 29.8 Å². The maximum absolute atomic E-state index is 12.5. The van der Waals surface area contributed by atoms with Crippen LogP contribution >= 0.6 is 11.8 Å². The minimum atomic E-state index is -0.329. The predicted molar refractivity (Wildman–Crippen MR) is 81.7 cm³/mol. The van der Waals surface area contributed by atoms with Gasteiger partial charge in [-0.2, -0.15) is 0 Å². The summed E-state index contributed by atoms with van der Waals surface area (Å²) < 4.78 is 11.5. The van der Waals surface area contributed by atoms with Crippen molar-refractivity contribution in [3.05, 3.63) is 29.8 Å². The van der Waals surface area contributed by atoms with Crippen molar-refractivity contribution in [3.63, 3.8) is 0 Å². The second-order valence-electron chi connectivity index (χ2n) is 6.17. The van der Waals surface area contributed by atoms with Crippen LogP contribution in [-0.2, 0) is 16.0 Å². The number of nitrogens with zero attached hydrogens (tertiary/aromatic N) is 1. The highest BCUT2D eigenvalue weighted by molar-refractivity contribution is 8.01. The lowest BCUT2D eigenvalue weighted by Crippen LogP contribution is -2.63. The summed E-state index contributed by atoms with van der Waals surface area (Å²) in [4.78, 5) is 14.5. The second kappa shape index (κ2) is 4.92. The third-order valence-electron chi connectivity index (χ3n) is 4.70. The molecule has 0 N–H and O–H groups in total. The van der Waals surface area contributed by atoms with E-state index in [1.165, 1.54) is 0 Å². The molecule has 2 saturated heterocycles. The van der Waals surface area contributed by atoms with Crippen LogP contribution in [-0.4, -0.2) is 53.7 Å². The molecule has 1 aromatic rings. The largest absolute Gasteiger partial charge is 0.480 e. The minimum Gasteiger partial charge on any atom is -0.480 e. The molecule has 1 amide bonds. The Morgan fingerprint density at radius 2 is 2.24 bits per heavy atom. The average Bonchev–Trinajstić information content (AvgIpc) is 3.08. The smallest absolute Gasteiger partial charge is 0.264 e. The maximum Gasteiger partial charge on any atom is 0.264 e. The minimum absolute atomic E-state index is 0.137. The van der Waals surface area contributed by atoms with E-state index in [-0.39, 0.29) is 16.8 Å². The van der Waals surface area contributed by atoms with Crippen LogP contribution in [0.25, 0.3) is 0 Å². The average molecular weight is 305 g/mol. The Labute approximate surface area is 128 Å². The Balaban J connectivity index is 1.37. The highest BCUT2D eigenvalue weighted by Crippen LogP contribution is 2.46. The first-order valence-electron chi connectivity index (χ1n) is 7.39. The molecule has 4 nitrogen and oxygen atoms in total. The molecule has 0 aliphatic carbocycles. The number of hydrogen-bond donors (Lipinski definition) is 0. The molecule has 0 unspecified atom stereocenters. The molecule has 0 bridgehead atoms. The topological polar surface area (TPSA) is 38.8 Å². The first kappa shape index (κ1) is 13.5. The zero-order valence-electron chi connectivity index (χ0n) is 12.1. The van der Waals surface area contributed by atoms with Crippen molar-refractivity contribution < 1.29 is 14.3 Å². The van der Waals surface area contributed by atoms with Crippen molar-refractivity contribution >= 4 is 17.7 Å². The van der Waals surface area contributed by atoms with Crippen molar-refractivity contribution in [2.24, 2.45) is 0 Å². The molecule has 3 heterocycles. The number of para-hydroxylation sites is 1. The predicted octanol–water partition coefficient (Wildman–Crippen LogP) is 1.72. The van der Waals surface area contributed by atoms with E-state index in [2.05, 4.69) is 0 Å². The molecule has 0 radical (unpaired) electrons. The number of hydrogen-bond acceptors (Lipinski definition) is 4. The summed E-state index contributed by atoms with van der Waals surface area (Å²) in [5.74, 6) is 2.04. The lowest BCUT2D eigenvalue weighted by molar-refractivity contribution is -0.143. The molecule has 0 saturated carbocycles. The van der Waals surface area contributed by atoms with E-state index in [0.717, 1.165) is 36.6 Å². The van der Waals surface area contributed by atoms with Gasteiger partial charge in [0.15, 0.2) is 6.10 Å². The monoisotopic (exact) mass is 305 g/mol. The lowest BCUT2D eigenvalue weighted by atomic mass is 9.92. The maximum atomic E-state index is 12.5. The summed E-state index contributed by atoms with van der Waals surface area (Å²) in [6.45, 7) is 1.68. The molecule has 112 valence electrons. The fourth-order valence-corrected chi connectivity index (χ4v) is 5.09. The molecule has 3 aliphatic rings. The molecule has 4 rings (SSSR count). The lowest BCUT2D eigenvalue weighted by Gasteiger charge is -2.48. The van der Waals surface area contributed by atoms with E-state index in [4.69, 9.17) is 9.47 Å². The van der Waals surface area contributed by atoms with Crippen LogP contribution in [0.1, 0.15) is 12.0 Å². The van der Waals surface area contributed by atoms with E-state index in [9.17, 15) is 4.79 Å². The van der Waals surface area contributed by atoms with E-state index in [1.54, 1.807) is 7.11 Å². The summed E-state index contributed by atoms with van der Waals surface area (Å²) in [6, 6.07) is 7.92. The molecule has 1 aromatic carbocycles. The molecule has 0 aromatic heterocycles. The van der Waals surface area contributed by atoms with Gasteiger partial charge >= 0.3 is 0 Å². The Kier molecular flexibility index (Phi) is 3.15. The number of thioether (sulfide) groups is 1. The number of methoxy groups -OCH3 is 1. The SMILES string of the molecule is CO[C@H]1CSC2(C1)CN(C(=O)[C@@H]1Cc3ccccc3O1)C2. The highest BCUT2D eigenvalue weighted by atomic mass is 32.2. The van der Waals surface area contributed by atoms with Gasteiger partial charge in [-0.1, -0.05) is 18.2 Å². The van der Waals surface area contributed by atoms with Gasteiger partial charge in [-0.25, -0.2) is 0 Å². The van der Waals surface area contributed by atoms with Crippen LogP contribution < -0.4 is 4.74 Å². The van der Waals surface area contributed by atoms with E-state index < -0.39 is 0 Å². The van der Waals surface area contributed by atoms with Gasteiger partial charge in [0.05, 0.1) is 10.9 Å². The van der Waals surface area contributed by atoms with Crippen LogP contribution in [0, 0.1) is 0 Å². The quantitative estimate of drug-likeness (QED) is 0.834. The van der Waals surface area contributed by atoms with Crippen molar-refractivity contribution in [2.75, 3.05) is 26.0 Å². The number of ether oxygens (including phenoxy) is 2. The fourth-order valence-electron chi connectivity index (χ4n) is 3.50. The highest BCUT2D eigenvalue weighted by Gasteiger charge is 2.52. The van der Waals surface area contributed by atoms with Gasteiger partial charge in [-0.3, -0.25) is 4.79 Å². The number of carbonyl (C=O) groups excluding carboxylic acids is 1. The molecular formula is C16H19NO3S. The van der Waals surface area contributed by atoms with Crippen LogP contribution in [0.2, 0.25) is 0 Å². The number of rotatable bonds is 2. The third kappa shape index (κ3) is 2.23. The standard InChI is InChI=1S/C16H19NO3S/c1-19-12-7-16(21-8-12)9-17(10-16)15(18)14-6-11-4-2-3-5-13(11)20-14/h2-5,12,14H,6-10H2,1H3/t12-,14+/m1/s1. The molecule has 2 fully saturated rings. The van der Waals surface area contributed by atoms with Crippen LogP contribution in [0.15, 0.2) is 24.3 Å². The molecule has 2 atom stereocenters. The zero-order valence-corrected chi connectivity index (χ0v) is 12.9. The molecule has 21 heavy (non-hydrogen) atoms. The van der Waals surface area contributed by atoms with E-state index in [0.29, 0.717) is 12.5 Å². The number of likely N-dealkylation sites (tertiary alicyclic amines) is 1. The molecule has 5 heteroatoms. The Morgan fingerprint density at radius 1 is 1.43 bits per heavy atom. The van der Waals surface area contributed by atoms with Gasteiger partial charge in [0.1, 0.15) is 5.75 Å². The zero-order chi connectivity index (χ0) is 14.4. The van der Waals surface area contributed by atoms with Crippen molar-refractivity contribution in [1.29, 1.82) is 0 Å². The number of fused-ring (bicyclic) bond motifs is 1. The summed E-state index contributed by atoms with van der Waals surface area (Å²) in [6.07, 6.45) is 1.78. The number of amides is 1. The normalized spacial score (nSPS) is 29.1. The summed E-state index contributed by atoms with van der Waals surface area (Å²) in [5.41, 5.74) is 1.14. The summed E-state index contributed by atoms with van der Waals surface area (Å²) in [5, 5.41) is 0. The van der Waals surface area contributed by atoms with Gasteiger partial charge in [0, 0.05) is 32.4 Å². The van der Waals surface area contributed by atoms with Gasteiger partial charge in [0.2, 0.25) is 0 Å². The first-order valence-corrected chi connectivity index (χ1v) is 8.38. The Hall–Kier alpha value is -1.20. The molecule has 3 aliphatic heterocycles. The van der Waals surface area contributed by atoms with Crippen molar-refractivity contribution in [1.82, 2.24) is 4.90 Å². The van der Waals surface area contributed by atoms with Gasteiger partial charge in [0.25, 0.3) is 5.91 Å². The van der Waals surface area contributed by atoms with Crippen molar-refractivity contribution in [3.8, 4) is 5.75 Å². The van der Waals surface area contributed by atoms with Crippen LogP contribution in [0.4, 0.5) is 0 Å². The number of benzene rings is 1. The number of carbonyl (C=O) groups is 1. The van der Waals surface area contributed by atoms with Gasteiger partial charge in [-0.05, 0) is 18.1 Å². The second-order valence-corrected chi connectivity index (χ2v) is 7.66. The fraction of sp³-hybridized carbons (Fsp3) is 0.562. The summed E-state index contributed by atoms with van der Waals surface area (Å²) in [7, 11) is 1.77. The van der Waals surface area contributed by atoms with Gasteiger partial charge < -0.3 is 14.4 Å². The Bertz CT molecular complexity index is 545. The van der Waals surface area contributed by atoms with Gasteiger partial charge in [-0.15, -0.1) is 11.8 Å². The third-order valence-corrected chi connectivity index (χ3v) is 6.28. The van der Waals surface area contributed by atoms with Crippen LogP contribution in [0.5, 0.6) is 5.75 Å². The first-order chi connectivity index (χ1) is 10.2. The molecular weight excluding hydrogens is 286 g/mol. The Morgan fingerprint density at radius 3 is 2.95 bits per heavy atom. The summed E-state index contributed by atoms with van der Waals surface area (Å²) >= 11 is 1.96. The van der Waals surface area contributed by atoms with E-state index in [1.807, 2.05) is 40.9 Å². The van der Waals surface area contributed by atoms with Crippen LogP contribution in [0.3, 0.4) is 0 Å².